The summed E-state index contributed by atoms with van der Waals surface area (Å²) in [6.07, 6.45) is 5.17. The highest BCUT2D eigenvalue weighted by Gasteiger charge is 2.28. The first-order chi connectivity index (χ1) is 15.7. The monoisotopic (exact) mass is 440 g/mol. The Balaban J connectivity index is 1.20. The van der Waals surface area contributed by atoms with Gasteiger partial charge in [0.1, 0.15) is 6.61 Å². The third kappa shape index (κ3) is 3.97. The number of alkyl carbamates (subject to hydrolysis) is 1. The highest BCUT2D eigenvalue weighted by atomic mass is 35.5. The maximum atomic E-state index is 12.3. The normalized spacial score (nSPS) is 12.7. The second-order valence-corrected chi connectivity index (χ2v) is 8.11. The maximum absolute atomic E-state index is 12.3. The van der Waals surface area contributed by atoms with Crippen molar-refractivity contribution in [2.45, 2.75) is 5.92 Å². The van der Waals surface area contributed by atoms with Crippen LogP contribution in [0.1, 0.15) is 22.6 Å². The number of aromatic nitrogens is 1. The van der Waals surface area contributed by atoms with Crippen molar-refractivity contribution in [1.82, 2.24) is 10.3 Å². The lowest BCUT2D eigenvalue weighted by molar-refractivity contribution is 0.144. The maximum Gasteiger partial charge on any atom is 0.407 e. The van der Waals surface area contributed by atoms with Crippen molar-refractivity contribution >= 4 is 34.7 Å². The van der Waals surface area contributed by atoms with Crippen molar-refractivity contribution < 1.29 is 9.53 Å². The molecule has 0 unspecified atom stereocenters. The molecular weight excluding hydrogens is 420 g/mol. The standard InChI is InChI=1S/C27H21ClN2O2/c28-19-11-12-20-18(13-15-29-26(20)16-19)6-5-14-30-27(31)32-17-25-23-9-3-1-7-21(23)22-8-2-4-10-24(22)25/h1-13,15-16,25H,14,17H2,(H,30,31). The van der Waals surface area contributed by atoms with Crippen molar-refractivity contribution in [2.75, 3.05) is 13.2 Å². The number of pyridine rings is 1. The van der Waals surface area contributed by atoms with Gasteiger partial charge in [0.25, 0.3) is 0 Å². The fourth-order valence-corrected chi connectivity index (χ4v) is 4.43. The van der Waals surface area contributed by atoms with E-state index in [0.29, 0.717) is 18.2 Å². The molecule has 0 atom stereocenters. The van der Waals surface area contributed by atoms with Gasteiger partial charge in [0.2, 0.25) is 0 Å². The van der Waals surface area contributed by atoms with E-state index in [1.807, 2.05) is 60.7 Å². The molecule has 4 aromatic rings. The van der Waals surface area contributed by atoms with E-state index in [1.165, 1.54) is 22.3 Å². The third-order valence-corrected chi connectivity index (χ3v) is 5.98. The molecule has 0 aliphatic heterocycles. The number of halogens is 1. The number of nitrogens with one attached hydrogen (secondary N) is 1. The molecule has 0 radical (unpaired) electrons. The van der Waals surface area contributed by atoms with E-state index >= 15 is 0 Å². The summed E-state index contributed by atoms with van der Waals surface area (Å²) in [5.41, 5.74) is 6.68. The number of nitrogens with zero attached hydrogens (tertiary/aromatic N) is 1. The molecule has 5 rings (SSSR count). The smallest absolute Gasteiger partial charge is 0.407 e. The number of benzene rings is 3. The van der Waals surface area contributed by atoms with Crippen molar-refractivity contribution in [1.29, 1.82) is 0 Å². The van der Waals surface area contributed by atoms with E-state index in [-0.39, 0.29) is 5.92 Å². The second-order valence-electron chi connectivity index (χ2n) is 7.67. The fourth-order valence-electron chi connectivity index (χ4n) is 4.27. The Labute approximate surface area is 191 Å². The SMILES string of the molecule is O=C(NCC=Cc1ccnc2cc(Cl)ccc12)OCC1c2ccccc2-c2ccccc21. The Morgan fingerprint density at radius 1 is 1.00 bits per heavy atom. The highest BCUT2D eigenvalue weighted by molar-refractivity contribution is 6.31. The molecule has 0 spiro atoms. The number of hydrogen-bond donors (Lipinski definition) is 1. The number of rotatable bonds is 5. The van der Waals surface area contributed by atoms with Crippen LogP contribution in [0.5, 0.6) is 0 Å². The predicted molar refractivity (Wildman–Crippen MR) is 129 cm³/mol. The topological polar surface area (TPSA) is 51.2 Å². The summed E-state index contributed by atoms with van der Waals surface area (Å²) in [6, 6.07) is 24.2. The van der Waals surface area contributed by atoms with Crippen LogP contribution in [0.3, 0.4) is 0 Å². The largest absolute Gasteiger partial charge is 0.449 e. The van der Waals surface area contributed by atoms with Crippen LogP contribution in [0.25, 0.3) is 28.1 Å². The Kier molecular flexibility index (Phi) is 5.61. The van der Waals surface area contributed by atoms with Crippen molar-refractivity contribution in [2.24, 2.45) is 0 Å². The van der Waals surface area contributed by atoms with Crippen LogP contribution in [-0.2, 0) is 4.74 Å². The minimum Gasteiger partial charge on any atom is -0.449 e. The van der Waals surface area contributed by atoms with Crippen LogP contribution in [0.15, 0.2) is 85.1 Å². The summed E-state index contributed by atoms with van der Waals surface area (Å²) in [5.74, 6) is 0.0544. The number of carbonyl (C=O) groups excluding carboxylic acids is 1. The number of hydrogen-bond acceptors (Lipinski definition) is 3. The van der Waals surface area contributed by atoms with Crippen LogP contribution < -0.4 is 5.32 Å². The first-order valence-electron chi connectivity index (χ1n) is 10.5. The Morgan fingerprint density at radius 2 is 1.72 bits per heavy atom. The molecule has 5 heteroatoms. The van der Waals surface area contributed by atoms with E-state index in [2.05, 4.69) is 34.6 Å². The van der Waals surface area contributed by atoms with Crippen molar-refractivity contribution in [3.63, 3.8) is 0 Å². The highest BCUT2D eigenvalue weighted by Crippen LogP contribution is 2.44. The molecule has 1 aromatic heterocycles. The average Bonchev–Trinajstić information content (AvgIpc) is 3.14. The van der Waals surface area contributed by atoms with Gasteiger partial charge in [-0.2, -0.15) is 0 Å². The molecule has 1 N–H and O–H groups in total. The summed E-state index contributed by atoms with van der Waals surface area (Å²) in [4.78, 5) is 16.6. The first kappa shape index (κ1) is 20.3. The molecule has 1 aliphatic rings. The Morgan fingerprint density at radius 3 is 2.47 bits per heavy atom. The van der Waals surface area contributed by atoms with E-state index in [9.17, 15) is 4.79 Å². The summed E-state index contributed by atoms with van der Waals surface area (Å²) < 4.78 is 5.57. The molecule has 1 heterocycles. The average molecular weight is 441 g/mol. The molecule has 0 saturated carbocycles. The number of fused-ring (bicyclic) bond motifs is 4. The van der Waals surface area contributed by atoms with Gasteiger partial charge < -0.3 is 10.1 Å². The molecule has 4 nitrogen and oxygen atoms in total. The van der Waals surface area contributed by atoms with Crippen LogP contribution in [0, 0.1) is 0 Å². The van der Waals surface area contributed by atoms with E-state index < -0.39 is 6.09 Å². The van der Waals surface area contributed by atoms with Crippen LogP contribution >= 0.6 is 11.6 Å². The zero-order valence-electron chi connectivity index (χ0n) is 17.3. The third-order valence-electron chi connectivity index (χ3n) is 5.74. The molecule has 0 bridgehead atoms. The van der Waals surface area contributed by atoms with Gasteiger partial charge in [-0.1, -0.05) is 78.4 Å². The van der Waals surface area contributed by atoms with Gasteiger partial charge >= 0.3 is 6.09 Å². The van der Waals surface area contributed by atoms with Gasteiger partial charge in [-0.25, -0.2) is 4.79 Å². The minimum atomic E-state index is -0.428. The lowest BCUT2D eigenvalue weighted by atomic mass is 9.98. The van der Waals surface area contributed by atoms with Gasteiger partial charge in [-0.15, -0.1) is 0 Å². The van der Waals surface area contributed by atoms with Crippen LogP contribution in [0.2, 0.25) is 5.02 Å². The number of amides is 1. The molecule has 0 saturated heterocycles. The summed E-state index contributed by atoms with van der Waals surface area (Å²) in [7, 11) is 0. The summed E-state index contributed by atoms with van der Waals surface area (Å²) in [5, 5.41) is 4.46. The molecule has 1 amide bonds. The minimum absolute atomic E-state index is 0.0544. The first-order valence-corrected chi connectivity index (χ1v) is 10.9. The number of carbonyl (C=O) groups is 1. The Hall–Kier alpha value is -3.63. The quantitative estimate of drug-likeness (QED) is 0.388. The van der Waals surface area contributed by atoms with Gasteiger partial charge in [0.05, 0.1) is 5.52 Å². The van der Waals surface area contributed by atoms with E-state index in [4.69, 9.17) is 16.3 Å². The summed E-state index contributed by atoms with van der Waals surface area (Å²) in [6.45, 7) is 0.674. The molecule has 3 aromatic carbocycles. The van der Waals surface area contributed by atoms with Gasteiger partial charge in [0.15, 0.2) is 0 Å². The molecule has 158 valence electrons. The van der Waals surface area contributed by atoms with Crippen LogP contribution in [-0.4, -0.2) is 24.2 Å². The Bertz CT molecular complexity index is 1290. The molecule has 1 aliphatic carbocycles. The van der Waals surface area contributed by atoms with Gasteiger partial charge in [-0.05, 0) is 46.0 Å². The zero-order valence-corrected chi connectivity index (χ0v) is 18.0. The summed E-state index contributed by atoms with van der Waals surface area (Å²) >= 11 is 6.05. The van der Waals surface area contributed by atoms with Gasteiger partial charge in [0, 0.05) is 29.1 Å². The fraction of sp³-hybridized carbons (Fsp3) is 0.111. The van der Waals surface area contributed by atoms with Crippen LogP contribution in [0.4, 0.5) is 4.79 Å². The zero-order chi connectivity index (χ0) is 21.9. The predicted octanol–water partition coefficient (Wildman–Crippen LogP) is 6.44. The molecule has 0 fully saturated rings. The lowest BCUT2D eigenvalue weighted by Crippen LogP contribution is -2.26. The lowest BCUT2D eigenvalue weighted by Gasteiger charge is -2.14. The van der Waals surface area contributed by atoms with E-state index in [1.54, 1.807) is 6.20 Å². The molecular formula is C27H21ClN2O2. The van der Waals surface area contributed by atoms with E-state index in [0.717, 1.165) is 16.5 Å². The number of ether oxygens (including phenoxy) is 1. The van der Waals surface area contributed by atoms with Crippen molar-refractivity contribution in [3.05, 3.63) is 107 Å². The van der Waals surface area contributed by atoms with Crippen molar-refractivity contribution in [3.8, 4) is 11.1 Å². The van der Waals surface area contributed by atoms with Gasteiger partial charge in [-0.3, -0.25) is 4.98 Å². The second kappa shape index (κ2) is 8.85. The molecule has 32 heavy (non-hydrogen) atoms.